The molecule has 4 nitrogen and oxygen atoms in total. The smallest absolute Gasteiger partial charge is 0.419 e. The highest BCUT2D eigenvalue weighted by atomic mass is 19.4. The first-order valence-electron chi connectivity index (χ1n) is 9.90. The Balaban J connectivity index is 2.01. The second kappa shape index (κ2) is 8.56. The summed E-state index contributed by atoms with van der Waals surface area (Å²) in [6, 6.07) is 10.6. The lowest BCUT2D eigenvalue weighted by molar-refractivity contribution is -0.139. The van der Waals surface area contributed by atoms with E-state index in [0.29, 0.717) is 40.1 Å². The molecule has 0 fully saturated rings. The maximum absolute atomic E-state index is 13.8. The van der Waals surface area contributed by atoms with Crippen molar-refractivity contribution in [2.45, 2.75) is 38.9 Å². The number of nitrogens with zero attached hydrogens (tertiary/aromatic N) is 2. The van der Waals surface area contributed by atoms with Gasteiger partial charge < -0.3 is 10.5 Å². The molecular formula is C24H24F3N3O. The number of rotatable bonds is 6. The Bertz CT molecular complexity index is 1130. The summed E-state index contributed by atoms with van der Waals surface area (Å²) in [6.45, 7) is 12.9. The molecule has 1 atom stereocenters. The predicted octanol–water partition coefficient (Wildman–Crippen LogP) is 6.61. The molecule has 162 valence electrons. The van der Waals surface area contributed by atoms with Crippen molar-refractivity contribution < 1.29 is 17.9 Å². The normalized spacial score (nSPS) is 13.8. The minimum atomic E-state index is -4.59. The minimum Gasteiger partial charge on any atom is -0.491 e. The van der Waals surface area contributed by atoms with Crippen molar-refractivity contribution in [2.24, 2.45) is 11.7 Å². The van der Waals surface area contributed by atoms with Crippen molar-refractivity contribution in [3.63, 3.8) is 0 Å². The molecule has 0 radical (unpaired) electrons. The van der Waals surface area contributed by atoms with Crippen LogP contribution in [0.5, 0.6) is 5.75 Å². The molecule has 2 N–H and O–H groups in total. The number of alkyl halides is 3. The Kier molecular flexibility index (Phi) is 6.23. The summed E-state index contributed by atoms with van der Waals surface area (Å²) in [4.78, 5) is 7.61. The number of ether oxygens (including phenoxy) is 1. The molecule has 1 aromatic heterocycles. The highest BCUT2D eigenvalue weighted by Crippen LogP contribution is 2.40. The van der Waals surface area contributed by atoms with Crippen LogP contribution in [0.25, 0.3) is 26.9 Å². The average molecular weight is 427 g/mol. The van der Waals surface area contributed by atoms with Gasteiger partial charge >= 0.3 is 6.18 Å². The lowest BCUT2D eigenvalue weighted by Gasteiger charge is -2.27. The van der Waals surface area contributed by atoms with E-state index in [-0.39, 0.29) is 12.4 Å². The summed E-state index contributed by atoms with van der Waals surface area (Å²) in [6.07, 6.45) is -2.44. The number of nitrogens with two attached hydrogens (primary N) is 1. The van der Waals surface area contributed by atoms with Crippen molar-refractivity contribution in [2.75, 3.05) is 6.61 Å². The molecule has 0 aliphatic rings. The van der Waals surface area contributed by atoms with Gasteiger partial charge in [-0.1, -0.05) is 32.0 Å². The molecule has 31 heavy (non-hydrogen) atoms. The average Bonchev–Trinajstić information content (AvgIpc) is 2.69. The van der Waals surface area contributed by atoms with E-state index in [9.17, 15) is 13.2 Å². The largest absolute Gasteiger partial charge is 0.491 e. The van der Waals surface area contributed by atoms with Gasteiger partial charge in [0.05, 0.1) is 17.7 Å². The minimum absolute atomic E-state index is 0.0226. The van der Waals surface area contributed by atoms with Crippen molar-refractivity contribution in [1.29, 1.82) is 0 Å². The van der Waals surface area contributed by atoms with Gasteiger partial charge in [0.2, 0.25) is 0 Å². The van der Waals surface area contributed by atoms with Gasteiger partial charge in [-0.15, -0.1) is 0 Å². The van der Waals surface area contributed by atoms with Crippen LogP contribution in [0.1, 0.15) is 32.8 Å². The Morgan fingerprint density at radius 2 is 1.87 bits per heavy atom. The number of fused-ring (bicyclic) bond motifs is 1. The van der Waals surface area contributed by atoms with Crippen LogP contribution < -0.4 is 10.5 Å². The molecule has 0 saturated carbocycles. The molecule has 7 heteroatoms. The van der Waals surface area contributed by atoms with Crippen LogP contribution in [0, 0.1) is 12.5 Å². The Morgan fingerprint density at radius 1 is 1.13 bits per heavy atom. The molecule has 3 aromatic rings. The second-order valence-electron chi connectivity index (χ2n) is 8.42. The Morgan fingerprint density at radius 3 is 2.52 bits per heavy atom. The third-order valence-corrected chi connectivity index (χ3v) is 4.88. The number of hydrogen-bond donors (Lipinski definition) is 1. The van der Waals surface area contributed by atoms with E-state index in [1.165, 1.54) is 12.3 Å². The second-order valence-corrected chi connectivity index (χ2v) is 8.42. The fraction of sp³-hybridized carbons (Fsp3) is 0.333. The van der Waals surface area contributed by atoms with Gasteiger partial charge in [0.25, 0.3) is 0 Å². The van der Waals surface area contributed by atoms with Crippen molar-refractivity contribution in [1.82, 2.24) is 4.98 Å². The number of pyridine rings is 1. The number of halogens is 3. The zero-order valence-corrected chi connectivity index (χ0v) is 17.6. The van der Waals surface area contributed by atoms with Crippen molar-refractivity contribution >= 4 is 16.6 Å². The SMILES string of the molecule is [C-]#[N+]c1ccc2c(-c3ccc(OC[C@@](C)(N)CC(C)C)c(C(F)(F)F)c3)ccnc2c1. The summed E-state index contributed by atoms with van der Waals surface area (Å²) in [5.74, 6) is 0.0525. The molecule has 0 saturated heterocycles. The van der Waals surface area contributed by atoms with Crippen LogP contribution >= 0.6 is 0 Å². The van der Waals surface area contributed by atoms with E-state index in [1.54, 1.807) is 37.3 Å². The predicted molar refractivity (Wildman–Crippen MR) is 116 cm³/mol. The highest BCUT2D eigenvalue weighted by Gasteiger charge is 2.35. The zero-order chi connectivity index (χ0) is 22.8. The highest BCUT2D eigenvalue weighted by molar-refractivity contribution is 5.96. The third kappa shape index (κ3) is 5.33. The van der Waals surface area contributed by atoms with Crippen LogP contribution in [0.15, 0.2) is 48.7 Å². The van der Waals surface area contributed by atoms with E-state index in [1.807, 2.05) is 13.8 Å². The first-order valence-corrected chi connectivity index (χ1v) is 9.90. The van der Waals surface area contributed by atoms with Gasteiger partial charge in [-0.05, 0) is 54.7 Å². The Hall–Kier alpha value is -3.11. The lowest BCUT2D eigenvalue weighted by atomic mass is 9.93. The van der Waals surface area contributed by atoms with E-state index >= 15 is 0 Å². The van der Waals surface area contributed by atoms with E-state index in [2.05, 4.69) is 9.83 Å². The Labute approximate surface area is 179 Å². The number of benzene rings is 2. The monoisotopic (exact) mass is 427 g/mol. The molecule has 2 aromatic carbocycles. The van der Waals surface area contributed by atoms with Gasteiger partial charge in [-0.2, -0.15) is 13.2 Å². The fourth-order valence-electron chi connectivity index (χ4n) is 3.74. The lowest BCUT2D eigenvalue weighted by Crippen LogP contribution is -2.43. The van der Waals surface area contributed by atoms with Crippen LogP contribution in [0.2, 0.25) is 0 Å². The van der Waals surface area contributed by atoms with E-state index < -0.39 is 17.3 Å². The summed E-state index contributed by atoms with van der Waals surface area (Å²) in [5.41, 5.74) is 6.56. The van der Waals surface area contributed by atoms with Gasteiger partial charge in [-0.3, -0.25) is 4.98 Å². The first-order chi connectivity index (χ1) is 14.5. The van der Waals surface area contributed by atoms with Crippen molar-refractivity contribution in [3.8, 4) is 16.9 Å². The maximum Gasteiger partial charge on any atom is 0.419 e. The van der Waals surface area contributed by atoms with E-state index in [4.69, 9.17) is 17.0 Å². The van der Waals surface area contributed by atoms with E-state index in [0.717, 1.165) is 6.07 Å². The van der Waals surface area contributed by atoms with Crippen LogP contribution in [0.4, 0.5) is 18.9 Å². The zero-order valence-electron chi connectivity index (χ0n) is 17.6. The molecule has 0 aliphatic carbocycles. The molecule has 0 spiro atoms. The standard InChI is InChI=1S/C24H24F3N3O/c1-15(2)13-23(3,28)14-31-22-8-5-16(11-20(22)24(25,26)27)18-9-10-30-21-12-17(29-4)6-7-19(18)21/h5-12,15H,13-14,28H2,1-3H3/t23-/m0/s1. The summed E-state index contributed by atoms with van der Waals surface area (Å²) in [7, 11) is 0. The summed E-state index contributed by atoms with van der Waals surface area (Å²) in [5, 5.41) is 0.670. The topological polar surface area (TPSA) is 52.5 Å². The van der Waals surface area contributed by atoms with Gasteiger partial charge in [-0.25, -0.2) is 4.85 Å². The molecule has 1 heterocycles. The van der Waals surface area contributed by atoms with Crippen LogP contribution in [-0.2, 0) is 6.18 Å². The van der Waals surface area contributed by atoms with Gasteiger partial charge in [0, 0.05) is 17.1 Å². The molecular weight excluding hydrogens is 403 g/mol. The number of hydrogen-bond acceptors (Lipinski definition) is 3. The van der Waals surface area contributed by atoms with Crippen LogP contribution in [0.3, 0.4) is 0 Å². The molecule has 0 amide bonds. The summed E-state index contributed by atoms with van der Waals surface area (Å²) < 4.78 is 47.0. The third-order valence-electron chi connectivity index (χ3n) is 4.88. The maximum atomic E-state index is 13.8. The first kappa shape index (κ1) is 22.6. The number of aromatic nitrogens is 1. The quantitative estimate of drug-likeness (QED) is 0.450. The fourth-order valence-corrected chi connectivity index (χ4v) is 3.74. The molecule has 3 rings (SSSR count). The summed E-state index contributed by atoms with van der Waals surface area (Å²) >= 11 is 0. The molecule has 0 bridgehead atoms. The van der Waals surface area contributed by atoms with Gasteiger partial charge in [0.1, 0.15) is 12.4 Å². The molecule has 0 unspecified atom stereocenters. The van der Waals surface area contributed by atoms with Crippen molar-refractivity contribution in [3.05, 3.63) is 65.6 Å². The molecule has 0 aliphatic heterocycles. The van der Waals surface area contributed by atoms with Gasteiger partial charge in [0.15, 0.2) is 5.69 Å². The van der Waals surface area contributed by atoms with Crippen LogP contribution in [-0.4, -0.2) is 17.1 Å².